The van der Waals surface area contributed by atoms with Crippen LogP contribution in [0.2, 0.25) is 0 Å². The van der Waals surface area contributed by atoms with Crippen LogP contribution in [-0.2, 0) is 16.0 Å². The quantitative estimate of drug-likeness (QED) is 0.863. The van der Waals surface area contributed by atoms with Crippen LogP contribution in [0, 0.1) is 5.92 Å². The molecular weight excluding hydrogens is 316 g/mol. The van der Waals surface area contributed by atoms with E-state index in [1.807, 2.05) is 24.3 Å². The van der Waals surface area contributed by atoms with Crippen LogP contribution >= 0.6 is 0 Å². The topological polar surface area (TPSA) is 67.4 Å². The van der Waals surface area contributed by atoms with Crippen molar-refractivity contribution in [3.05, 3.63) is 29.8 Å². The minimum atomic E-state index is -0.0925. The molecule has 2 amide bonds. The van der Waals surface area contributed by atoms with Gasteiger partial charge < -0.3 is 15.4 Å². The molecule has 1 aromatic carbocycles. The molecule has 0 saturated heterocycles. The van der Waals surface area contributed by atoms with E-state index in [1.54, 1.807) is 0 Å². The Labute approximate surface area is 149 Å². The molecule has 0 unspecified atom stereocenters. The van der Waals surface area contributed by atoms with Crippen molar-refractivity contribution in [3.63, 3.8) is 0 Å². The summed E-state index contributed by atoms with van der Waals surface area (Å²) in [4.78, 5) is 24.4. The first-order valence-electron chi connectivity index (χ1n) is 9.50. The molecular formula is C20H28N2O3. The first-order chi connectivity index (χ1) is 12.2. The Morgan fingerprint density at radius 3 is 2.72 bits per heavy atom. The summed E-state index contributed by atoms with van der Waals surface area (Å²) in [5.41, 5.74) is 1.08. The molecule has 1 atom stereocenters. The molecule has 1 fully saturated rings. The molecule has 5 heteroatoms. The summed E-state index contributed by atoms with van der Waals surface area (Å²) < 4.78 is 5.71. The van der Waals surface area contributed by atoms with Crippen molar-refractivity contribution in [1.29, 1.82) is 0 Å². The van der Waals surface area contributed by atoms with Crippen molar-refractivity contribution in [2.24, 2.45) is 5.92 Å². The zero-order valence-electron chi connectivity index (χ0n) is 14.8. The van der Waals surface area contributed by atoms with Gasteiger partial charge in [0.2, 0.25) is 11.8 Å². The van der Waals surface area contributed by atoms with Gasteiger partial charge in [-0.1, -0.05) is 37.5 Å². The van der Waals surface area contributed by atoms with E-state index in [1.165, 1.54) is 19.3 Å². The fourth-order valence-electron chi connectivity index (χ4n) is 3.71. The second-order valence-electron chi connectivity index (χ2n) is 7.09. The number of nitrogens with one attached hydrogen (secondary N) is 2. The zero-order chi connectivity index (χ0) is 17.5. The molecule has 1 aromatic rings. The summed E-state index contributed by atoms with van der Waals surface area (Å²) >= 11 is 0. The van der Waals surface area contributed by atoms with E-state index in [9.17, 15) is 9.59 Å². The lowest BCUT2D eigenvalue weighted by Crippen LogP contribution is -2.39. The third-order valence-electron chi connectivity index (χ3n) is 5.16. The number of para-hydroxylation sites is 1. The monoisotopic (exact) mass is 344 g/mol. The minimum absolute atomic E-state index is 0.0192. The van der Waals surface area contributed by atoms with Crippen molar-refractivity contribution in [3.8, 4) is 5.75 Å². The highest BCUT2D eigenvalue weighted by atomic mass is 16.5. The lowest BCUT2D eigenvalue weighted by atomic mass is 9.95. The highest BCUT2D eigenvalue weighted by molar-refractivity contribution is 5.81. The van der Waals surface area contributed by atoms with Gasteiger partial charge in [0.05, 0.1) is 6.61 Å². The number of benzene rings is 1. The van der Waals surface area contributed by atoms with Crippen LogP contribution in [0.4, 0.5) is 0 Å². The molecule has 2 N–H and O–H groups in total. The molecule has 1 aliphatic heterocycles. The number of hydrogen-bond donors (Lipinski definition) is 2. The lowest BCUT2D eigenvalue weighted by Gasteiger charge is -2.22. The van der Waals surface area contributed by atoms with Crippen molar-refractivity contribution < 1.29 is 14.3 Å². The van der Waals surface area contributed by atoms with E-state index in [0.717, 1.165) is 24.2 Å². The van der Waals surface area contributed by atoms with Crippen LogP contribution in [0.5, 0.6) is 5.75 Å². The summed E-state index contributed by atoms with van der Waals surface area (Å²) in [5, 5.41) is 6.01. The average molecular weight is 344 g/mol. The lowest BCUT2D eigenvalue weighted by molar-refractivity contribution is -0.125. The number of carbonyl (C=O) groups is 2. The Hall–Kier alpha value is -2.04. The van der Waals surface area contributed by atoms with Crippen LogP contribution in [0.1, 0.15) is 50.5 Å². The van der Waals surface area contributed by atoms with Gasteiger partial charge in [-0.25, -0.2) is 0 Å². The fourth-order valence-corrected chi connectivity index (χ4v) is 3.71. The molecule has 0 aromatic heterocycles. The van der Waals surface area contributed by atoms with Crippen molar-refractivity contribution in [1.82, 2.24) is 10.6 Å². The minimum Gasteiger partial charge on any atom is -0.493 e. The SMILES string of the molecule is O=C(CCNC(=O)[C@@H]1CCOc2ccccc2C1)NC1CCCCC1. The highest BCUT2D eigenvalue weighted by Crippen LogP contribution is 2.26. The van der Waals surface area contributed by atoms with Gasteiger partial charge in [0.1, 0.15) is 5.75 Å². The average Bonchev–Trinajstić information content (AvgIpc) is 2.85. The summed E-state index contributed by atoms with van der Waals surface area (Å²) in [5.74, 6) is 0.849. The van der Waals surface area contributed by atoms with Gasteiger partial charge in [-0.2, -0.15) is 0 Å². The largest absolute Gasteiger partial charge is 0.493 e. The molecule has 3 rings (SSSR count). The maximum Gasteiger partial charge on any atom is 0.223 e. The van der Waals surface area contributed by atoms with E-state index in [-0.39, 0.29) is 17.7 Å². The summed E-state index contributed by atoms with van der Waals surface area (Å²) in [7, 11) is 0. The zero-order valence-corrected chi connectivity index (χ0v) is 14.8. The first-order valence-corrected chi connectivity index (χ1v) is 9.50. The van der Waals surface area contributed by atoms with Gasteiger partial charge in [0.25, 0.3) is 0 Å². The van der Waals surface area contributed by atoms with E-state index in [0.29, 0.717) is 38.5 Å². The molecule has 1 aliphatic carbocycles. The molecule has 0 radical (unpaired) electrons. The van der Waals surface area contributed by atoms with Crippen LogP contribution < -0.4 is 15.4 Å². The molecule has 0 spiro atoms. The van der Waals surface area contributed by atoms with E-state index < -0.39 is 0 Å². The van der Waals surface area contributed by atoms with Crippen molar-refractivity contribution >= 4 is 11.8 Å². The van der Waals surface area contributed by atoms with Gasteiger partial charge >= 0.3 is 0 Å². The number of fused-ring (bicyclic) bond motifs is 1. The predicted molar refractivity (Wildman–Crippen MR) is 96.4 cm³/mol. The van der Waals surface area contributed by atoms with Crippen LogP contribution in [0.15, 0.2) is 24.3 Å². The molecule has 25 heavy (non-hydrogen) atoms. The normalized spacial score (nSPS) is 20.7. The van der Waals surface area contributed by atoms with E-state index in [4.69, 9.17) is 4.74 Å². The van der Waals surface area contributed by atoms with Crippen molar-refractivity contribution in [2.45, 2.75) is 57.4 Å². The molecule has 2 aliphatic rings. The van der Waals surface area contributed by atoms with Crippen molar-refractivity contribution in [2.75, 3.05) is 13.2 Å². The number of rotatable bonds is 5. The van der Waals surface area contributed by atoms with Crippen LogP contribution in [0.25, 0.3) is 0 Å². The van der Waals surface area contributed by atoms with Gasteiger partial charge in [0, 0.05) is 24.9 Å². The Kier molecular flexibility index (Phi) is 6.31. The maximum atomic E-state index is 12.4. The van der Waals surface area contributed by atoms with Gasteiger partial charge in [0.15, 0.2) is 0 Å². The summed E-state index contributed by atoms with van der Waals surface area (Å²) in [6.07, 6.45) is 7.59. The Bertz CT molecular complexity index is 596. The van der Waals surface area contributed by atoms with E-state index >= 15 is 0 Å². The number of amides is 2. The van der Waals surface area contributed by atoms with Gasteiger partial charge in [-0.15, -0.1) is 0 Å². The Balaban J connectivity index is 1.41. The first kappa shape index (κ1) is 17.8. The summed E-state index contributed by atoms with van der Waals surface area (Å²) in [6.45, 7) is 0.952. The van der Waals surface area contributed by atoms with Crippen LogP contribution in [-0.4, -0.2) is 31.0 Å². The van der Waals surface area contributed by atoms with Gasteiger partial charge in [-0.3, -0.25) is 9.59 Å². The van der Waals surface area contributed by atoms with E-state index in [2.05, 4.69) is 10.6 Å². The fraction of sp³-hybridized carbons (Fsp3) is 0.600. The molecule has 0 bridgehead atoms. The van der Waals surface area contributed by atoms with Gasteiger partial charge in [-0.05, 0) is 37.3 Å². The maximum absolute atomic E-state index is 12.4. The second kappa shape index (κ2) is 8.88. The standard InChI is InChI=1S/C20H28N2O3/c23-19(22-17-7-2-1-3-8-17)10-12-21-20(24)16-11-13-25-18-9-5-4-6-15(18)14-16/h4-6,9,16-17H,1-3,7-8,10-14H2,(H,21,24)(H,22,23)/t16-/m1/s1. The molecule has 136 valence electrons. The van der Waals surface area contributed by atoms with Crippen LogP contribution in [0.3, 0.4) is 0 Å². The third kappa shape index (κ3) is 5.21. The second-order valence-corrected chi connectivity index (χ2v) is 7.09. The third-order valence-corrected chi connectivity index (χ3v) is 5.16. The highest BCUT2D eigenvalue weighted by Gasteiger charge is 2.23. The smallest absolute Gasteiger partial charge is 0.223 e. The number of carbonyl (C=O) groups excluding carboxylic acids is 2. The predicted octanol–water partition coefficient (Wildman–Crippen LogP) is 2.58. The molecule has 5 nitrogen and oxygen atoms in total. The number of ether oxygens (including phenoxy) is 1. The number of hydrogen-bond acceptors (Lipinski definition) is 3. The molecule has 1 saturated carbocycles. The molecule has 1 heterocycles. The summed E-state index contributed by atoms with van der Waals surface area (Å²) in [6, 6.07) is 8.21. The Morgan fingerprint density at radius 1 is 1.08 bits per heavy atom. The Morgan fingerprint density at radius 2 is 1.88 bits per heavy atom.